The second-order valence-corrected chi connectivity index (χ2v) is 4.05. The summed E-state index contributed by atoms with van der Waals surface area (Å²) in [5.74, 6) is 0.00955. The van der Waals surface area contributed by atoms with E-state index in [1.807, 2.05) is 0 Å². The maximum Gasteiger partial charge on any atom is 0.337 e. The van der Waals surface area contributed by atoms with Crippen molar-refractivity contribution in [2.75, 3.05) is 7.11 Å². The van der Waals surface area contributed by atoms with Crippen LogP contribution in [0.4, 0.5) is 0 Å². The second kappa shape index (κ2) is 4.99. The minimum absolute atomic E-state index is 0.385. The van der Waals surface area contributed by atoms with Crippen molar-refractivity contribution < 1.29 is 14.6 Å². The molecule has 0 aromatic carbocycles. The fourth-order valence-corrected chi connectivity index (χ4v) is 2.01. The monoisotopic (exact) mass is 233 g/mol. The number of hydrogen-bond donors (Lipinski definition) is 1. The number of carbonyl (C=O) groups excluding carboxylic acids is 1. The van der Waals surface area contributed by atoms with Crippen molar-refractivity contribution in [2.45, 2.75) is 25.7 Å². The molecule has 1 N–H and O–H groups in total. The number of carbonyl (C=O) groups is 1. The van der Waals surface area contributed by atoms with Crippen LogP contribution in [-0.4, -0.2) is 23.2 Å². The number of nitrogens with zero attached hydrogens (tertiary/aromatic N) is 1. The molecule has 1 aromatic heterocycles. The first kappa shape index (κ1) is 11.6. The number of esters is 1. The van der Waals surface area contributed by atoms with Crippen molar-refractivity contribution in [1.29, 1.82) is 0 Å². The highest BCUT2D eigenvalue weighted by Gasteiger charge is 2.16. The van der Waals surface area contributed by atoms with Crippen LogP contribution in [-0.2, 0) is 4.74 Å². The third kappa shape index (κ3) is 2.46. The summed E-state index contributed by atoms with van der Waals surface area (Å²) in [4.78, 5) is 15.6. The van der Waals surface area contributed by atoms with E-state index in [-0.39, 0.29) is 5.97 Å². The van der Waals surface area contributed by atoms with Gasteiger partial charge in [-0.3, -0.25) is 4.98 Å². The van der Waals surface area contributed by atoms with Gasteiger partial charge < -0.3 is 9.84 Å². The van der Waals surface area contributed by atoms with Crippen molar-refractivity contribution in [3.05, 3.63) is 35.3 Å². The summed E-state index contributed by atoms with van der Waals surface area (Å²) < 4.78 is 4.66. The summed E-state index contributed by atoms with van der Waals surface area (Å²) in [5.41, 5.74) is 1.98. The number of aromatic nitrogens is 1. The molecule has 0 fully saturated rings. The van der Waals surface area contributed by atoms with Crippen LogP contribution in [0.3, 0.4) is 0 Å². The topological polar surface area (TPSA) is 59.4 Å². The average molecular weight is 233 g/mol. The van der Waals surface area contributed by atoms with E-state index in [1.54, 1.807) is 18.3 Å². The van der Waals surface area contributed by atoms with Crippen LogP contribution >= 0.6 is 0 Å². The van der Waals surface area contributed by atoms with Gasteiger partial charge in [0.1, 0.15) is 0 Å². The van der Waals surface area contributed by atoms with E-state index in [9.17, 15) is 9.90 Å². The standard InChI is InChI=1S/C13H15NO3/c1-17-13(16)9-6-7-14-11(8-9)10-4-2-3-5-12(10)15/h6-8,15H,2-5H2,1H3. The minimum Gasteiger partial charge on any atom is -0.512 e. The summed E-state index contributed by atoms with van der Waals surface area (Å²) in [5, 5.41) is 9.83. The molecule has 90 valence electrons. The molecule has 1 aromatic rings. The maximum absolute atomic E-state index is 11.4. The van der Waals surface area contributed by atoms with Gasteiger partial charge in [-0.05, 0) is 31.4 Å². The highest BCUT2D eigenvalue weighted by molar-refractivity contribution is 5.90. The van der Waals surface area contributed by atoms with Crippen molar-refractivity contribution in [3.63, 3.8) is 0 Å². The molecule has 0 aliphatic heterocycles. The van der Waals surface area contributed by atoms with Gasteiger partial charge in [-0.25, -0.2) is 4.79 Å². The lowest BCUT2D eigenvalue weighted by molar-refractivity contribution is 0.0600. The summed E-state index contributed by atoms with van der Waals surface area (Å²) >= 11 is 0. The van der Waals surface area contributed by atoms with E-state index in [1.165, 1.54) is 7.11 Å². The van der Waals surface area contributed by atoms with E-state index >= 15 is 0 Å². The fourth-order valence-electron chi connectivity index (χ4n) is 2.01. The van der Waals surface area contributed by atoms with Crippen LogP contribution in [0.2, 0.25) is 0 Å². The zero-order chi connectivity index (χ0) is 12.3. The normalized spacial score (nSPS) is 15.8. The molecular formula is C13H15NO3. The molecule has 0 unspecified atom stereocenters. The highest BCUT2D eigenvalue weighted by atomic mass is 16.5. The molecule has 0 atom stereocenters. The lowest BCUT2D eigenvalue weighted by Gasteiger charge is -2.15. The lowest BCUT2D eigenvalue weighted by atomic mass is 9.94. The summed E-state index contributed by atoms with van der Waals surface area (Å²) in [6.07, 6.45) is 5.12. The second-order valence-electron chi connectivity index (χ2n) is 4.05. The predicted octanol–water partition coefficient (Wildman–Crippen LogP) is 2.71. The molecule has 4 nitrogen and oxygen atoms in total. The number of ether oxygens (including phenoxy) is 1. The largest absolute Gasteiger partial charge is 0.512 e. The van der Waals surface area contributed by atoms with Gasteiger partial charge in [0, 0.05) is 18.2 Å². The molecule has 4 heteroatoms. The van der Waals surface area contributed by atoms with Crippen LogP contribution < -0.4 is 0 Å². The molecule has 17 heavy (non-hydrogen) atoms. The number of methoxy groups -OCH3 is 1. The Labute approximate surface area is 99.9 Å². The molecule has 0 spiro atoms. The first-order valence-electron chi connectivity index (χ1n) is 5.68. The number of aliphatic hydroxyl groups excluding tert-OH is 1. The van der Waals surface area contributed by atoms with Crippen molar-refractivity contribution in [1.82, 2.24) is 4.98 Å². The van der Waals surface area contributed by atoms with E-state index in [0.29, 0.717) is 23.4 Å². The predicted molar refractivity (Wildman–Crippen MR) is 63.6 cm³/mol. The van der Waals surface area contributed by atoms with Gasteiger partial charge >= 0.3 is 5.97 Å². The average Bonchev–Trinajstić information content (AvgIpc) is 2.38. The van der Waals surface area contributed by atoms with Gasteiger partial charge in [0.05, 0.1) is 24.1 Å². The molecule has 0 bridgehead atoms. The van der Waals surface area contributed by atoms with Crippen LogP contribution in [0, 0.1) is 0 Å². The Morgan fingerprint density at radius 1 is 1.41 bits per heavy atom. The number of rotatable bonds is 2. The van der Waals surface area contributed by atoms with E-state index in [4.69, 9.17) is 0 Å². The lowest BCUT2D eigenvalue weighted by Crippen LogP contribution is -2.05. The maximum atomic E-state index is 11.4. The zero-order valence-corrected chi connectivity index (χ0v) is 9.77. The zero-order valence-electron chi connectivity index (χ0n) is 9.77. The fraction of sp³-hybridized carbons (Fsp3) is 0.385. The van der Waals surface area contributed by atoms with Gasteiger partial charge in [-0.15, -0.1) is 0 Å². The Balaban J connectivity index is 2.36. The highest BCUT2D eigenvalue weighted by Crippen LogP contribution is 2.29. The molecule has 0 radical (unpaired) electrons. The Morgan fingerprint density at radius 3 is 2.88 bits per heavy atom. The van der Waals surface area contributed by atoms with Crippen molar-refractivity contribution in [2.24, 2.45) is 0 Å². The molecule has 1 aliphatic carbocycles. The molecule has 2 rings (SSSR count). The number of hydrogen-bond acceptors (Lipinski definition) is 4. The van der Waals surface area contributed by atoms with Gasteiger partial charge in [0.2, 0.25) is 0 Å². The Kier molecular flexibility index (Phi) is 3.42. The van der Waals surface area contributed by atoms with E-state index < -0.39 is 0 Å². The Morgan fingerprint density at radius 2 is 2.18 bits per heavy atom. The third-order valence-corrected chi connectivity index (χ3v) is 2.93. The Hall–Kier alpha value is -1.84. The molecule has 1 heterocycles. The van der Waals surface area contributed by atoms with Crippen LogP contribution in [0.15, 0.2) is 24.1 Å². The summed E-state index contributed by atoms with van der Waals surface area (Å²) in [6, 6.07) is 3.28. The van der Waals surface area contributed by atoms with Gasteiger partial charge in [0.15, 0.2) is 0 Å². The quantitative estimate of drug-likeness (QED) is 0.798. The van der Waals surface area contributed by atoms with Crippen LogP contribution in [0.1, 0.15) is 41.7 Å². The van der Waals surface area contributed by atoms with Crippen LogP contribution in [0.25, 0.3) is 5.57 Å². The SMILES string of the molecule is COC(=O)c1ccnc(C2=C(O)CCCC2)c1. The van der Waals surface area contributed by atoms with Gasteiger partial charge in [0.25, 0.3) is 0 Å². The summed E-state index contributed by atoms with van der Waals surface area (Å²) in [6.45, 7) is 0. The van der Waals surface area contributed by atoms with Crippen molar-refractivity contribution >= 4 is 11.5 Å². The Bertz CT molecular complexity index is 465. The smallest absolute Gasteiger partial charge is 0.337 e. The molecule has 0 amide bonds. The summed E-state index contributed by atoms with van der Waals surface area (Å²) in [7, 11) is 1.35. The van der Waals surface area contributed by atoms with Gasteiger partial charge in [-0.1, -0.05) is 0 Å². The van der Waals surface area contributed by atoms with E-state index in [0.717, 1.165) is 24.8 Å². The van der Waals surface area contributed by atoms with Crippen LogP contribution in [0.5, 0.6) is 0 Å². The first-order valence-corrected chi connectivity index (χ1v) is 5.68. The third-order valence-electron chi connectivity index (χ3n) is 2.93. The number of pyridine rings is 1. The molecular weight excluding hydrogens is 218 g/mol. The number of aliphatic hydroxyl groups is 1. The van der Waals surface area contributed by atoms with Gasteiger partial charge in [-0.2, -0.15) is 0 Å². The first-order chi connectivity index (χ1) is 8.22. The molecule has 0 saturated heterocycles. The number of allylic oxidation sites excluding steroid dienone is 2. The molecule has 0 saturated carbocycles. The minimum atomic E-state index is -0.385. The van der Waals surface area contributed by atoms with Crippen molar-refractivity contribution in [3.8, 4) is 0 Å². The molecule has 1 aliphatic rings. The van der Waals surface area contributed by atoms with E-state index in [2.05, 4.69) is 9.72 Å².